The summed E-state index contributed by atoms with van der Waals surface area (Å²) in [6.07, 6.45) is -0.226. The second kappa shape index (κ2) is 16.7. The fourth-order valence-corrected chi connectivity index (χ4v) is 3.42. The number of aliphatic hydroxyl groups excluding tert-OH is 2. The van der Waals surface area contributed by atoms with Gasteiger partial charge in [0.25, 0.3) is 0 Å². The maximum Gasteiger partial charge on any atom is 0.160 e. The van der Waals surface area contributed by atoms with Crippen LogP contribution < -0.4 is 21.1 Å². The van der Waals surface area contributed by atoms with Gasteiger partial charge < -0.3 is 41.5 Å². The normalized spacial score (nSPS) is 13.2. The fourth-order valence-electron chi connectivity index (χ4n) is 3.42. The molecule has 0 radical (unpaired) electrons. The molecule has 8 N–H and O–H groups in total. The molecule has 210 valence electrons. The molecule has 0 saturated carbocycles. The van der Waals surface area contributed by atoms with Crippen LogP contribution in [0.5, 0.6) is 17.2 Å². The van der Waals surface area contributed by atoms with Crippen LogP contribution in [0.25, 0.3) is 0 Å². The van der Waals surface area contributed by atoms with Gasteiger partial charge in [-0.05, 0) is 82.2 Å². The predicted octanol–water partition coefficient (Wildman–Crippen LogP) is 3.65. The van der Waals surface area contributed by atoms with Crippen molar-refractivity contribution in [3.8, 4) is 17.2 Å². The Morgan fingerprint density at radius 2 is 1.55 bits per heavy atom. The Hall–Kier alpha value is -3.14. The number of methoxy groups -OCH3 is 1. The van der Waals surface area contributed by atoms with Crippen molar-refractivity contribution in [1.29, 1.82) is 0 Å². The van der Waals surface area contributed by atoms with Crippen molar-refractivity contribution in [1.82, 2.24) is 10.6 Å². The molecule has 0 aromatic heterocycles. The van der Waals surface area contributed by atoms with E-state index in [9.17, 15) is 15.3 Å². The van der Waals surface area contributed by atoms with Crippen LogP contribution >= 0.6 is 0 Å². The lowest BCUT2D eigenvalue weighted by atomic mass is 9.95. The summed E-state index contributed by atoms with van der Waals surface area (Å²) in [5, 5.41) is 43.7. The second-order valence-electron chi connectivity index (χ2n) is 9.70. The molecule has 0 aliphatic heterocycles. The highest BCUT2D eigenvalue weighted by Crippen LogP contribution is 2.28. The van der Waals surface area contributed by atoms with E-state index in [0.29, 0.717) is 23.4 Å². The molecule has 0 spiro atoms. The molecule has 0 fully saturated rings. The van der Waals surface area contributed by atoms with Crippen LogP contribution in [0.3, 0.4) is 0 Å². The molecule has 1 unspecified atom stereocenters. The predicted molar refractivity (Wildman–Crippen MR) is 154 cm³/mol. The van der Waals surface area contributed by atoms with E-state index in [-0.39, 0.29) is 23.1 Å². The van der Waals surface area contributed by atoms with E-state index in [1.54, 1.807) is 44.3 Å². The number of hydrogen-bond donors (Lipinski definition) is 7. The molecular formula is C30H45N3O5. The van der Waals surface area contributed by atoms with Gasteiger partial charge in [0.1, 0.15) is 5.75 Å². The van der Waals surface area contributed by atoms with Crippen LogP contribution in [0.1, 0.15) is 49.7 Å². The number of likely N-dealkylation sites (N-methyl/N-ethyl adjacent to an activating group) is 2. The van der Waals surface area contributed by atoms with Gasteiger partial charge in [0.15, 0.2) is 11.5 Å². The maximum atomic E-state index is 9.63. The average molecular weight is 528 g/mol. The summed E-state index contributed by atoms with van der Waals surface area (Å²) in [5.41, 5.74) is 8.43. The summed E-state index contributed by atoms with van der Waals surface area (Å²) >= 11 is 0. The van der Waals surface area contributed by atoms with Crippen molar-refractivity contribution in [3.63, 3.8) is 0 Å². The molecule has 0 saturated heterocycles. The Morgan fingerprint density at radius 3 is 2.08 bits per heavy atom. The highest BCUT2D eigenvalue weighted by Gasteiger charge is 2.14. The average Bonchev–Trinajstić information content (AvgIpc) is 2.89. The van der Waals surface area contributed by atoms with Crippen molar-refractivity contribution in [2.75, 3.05) is 27.7 Å². The van der Waals surface area contributed by atoms with E-state index in [1.807, 2.05) is 7.05 Å². The van der Waals surface area contributed by atoms with Gasteiger partial charge in [-0.15, -0.1) is 0 Å². The molecule has 3 rings (SSSR count). The molecule has 3 atom stereocenters. The first-order valence-corrected chi connectivity index (χ1v) is 12.6. The quantitative estimate of drug-likeness (QED) is 0.224. The van der Waals surface area contributed by atoms with Gasteiger partial charge in [0, 0.05) is 18.1 Å². The molecule has 8 heteroatoms. The Kier molecular flexibility index (Phi) is 14.4. The smallest absolute Gasteiger partial charge is 0.160 e. The Bertz CT molecular complexity index is 1060. The highest BCUT2D eigenvalue weighted by atomic mass is 16.5. The van der Waals surface area contributed by atoms with E-state index >= 15 is 0 Å². The fraction of sp³-hybridized carbons (Fsp3) is 0.400. The van der Waals surface area contributed by atoms with Crippen LogP contribution in [0.15, 0.2) is 72.8 Å². The van der Waals surface area contributed by atoms with Gasteiger partial charge in [0.2, 0.25) is 0 Å². The number of aliphatic hydroxyl groups is 2. The first-order valence-electron chi connectivity index (χ1n) is 12.6. The summed E-state index contributed by atoms with van der Waals surface area (Å²) in [4.78, 5) is 0. The zero-order valence-corrected chi connectivity index (χ0v) is 23.3. The van der Waals surface area contributed by atoms with Gasteiger partial charge in [-0.25, -0.2) is 0 Å². The van der Waals surface area contributed by atoms with Crippen molar-refractivity contribution >= 4 is 0 Å². The third-order valence-electron chi connectivity index (χ3n) is 5.86. The molecule has 3 aromatic rings. The number of phenols is 2. The van der Waals surface area contributed by atoms with Gasteiger partial charge in [0.05, 0.1) is 19.3 Å². The molecule has 0 amide bonds. The zero-order chi connectivity index (χ0) is 28.7. The minimum absolute atomic E-state index is 0.0768. The number of phenolic OH excluding ortho intramolecular Hbond substituents is 2. The van der Waals surface area contributed by atoms with Crippen LogP contribution in [0, 0.1) is 0 Å². The largest absolute Gasteiger partial charge is 0.508 e. The number of hydrogen-bond acceptors (Lipinski definition) is 8. The van der Waals surface area contributed by atoms with Crippen LogP contribution in [0.2, 0.25) is 0 Å². The third-order valence-corrected chi connectivity index (χ3v) is 5.86. The van der Waals surface area contributed by atoms with Crippen molar-refractivity contribution in [3.05, 3.63) is 89.5 Å². The Balaban J connectivity index is 0.000000286. The standard InChI is InChI=1S/C11H17N.C10H15NO3.C9H13NO2/c1-11(2,12-3)9-10-7-5-4-6-8-10;1-11-6-9(13)7-3-4-8(12)10(5-7)14-2;1-6(10)9(12)7-3-2-4-8(11)5-7/h4-8,12H,9H2,1-3H3;3-5,9,11-13H,6H2,1-2H3;2-6,9,11-12H,10H2,1H3/t;;6-,9-/m..0/s1. The van der Waals surface area contributed by atoms with Crippen molar-refractivity contribution < 1.29 is 25.2 Å². The van der Waals surface area contributed by atoms with Gasteiger partial charge >= 0.3 is 0 Å². The molecular weight excluding hydrogens is 482 g/mol. The Morgan fingerprint density at radius 1 is 0.895 bits per heavy atom. The zero-order valence-electron chi connectivity index (χ0n) is 23.3. The number of aromatic hydroxyl groups is 2. The Labute approximate surface area is 227 Å². The summed E-state index contributed by atoms with van der Waals surface area (Å²) in [7, 11) is 5.24. The number of nitrogens with two attached hydrogens (primary N) is 1. The number of nitrogens with one attached hydrogen (secondary N) is 2. The van der Waals surface area contributed by atoms with E-state index in [2.05, 4.69) is 54.8 Å². The summed E-state index contributed by atoms with van der Waals surface area (Å²) in [6.45, 7) is 6.60. The summed E-state index contributed by atoms with van der Waals surface area (Å²) < 4.78 is 4.93. The maximum absolute atomic E-state index is 9.63. The van der Waals surface area contributed by atoms with Crippen LogP contribution in [-0.2, 0) is 6.42 Å². The highest BCUT2D eigenvalue weighted by molar-refractivity contribution is 5.42. The third kappa shape index (κ3) is 11.9. The summed E-state index contributed by atoms with van der Waals surface area (Å²) in [6, 6.07) is 21.5. The molecule has 0 bridgehead atoms. The lowest BCUT2D eigenvalue weighted by molar-refractivity contribution is 0.153. The number of ether oxygens (including phenoxy) is 1. The molecule has 3 aromatic carbocycles. The number of benzene rings is 3. The van der Waals surface area contributed by atoms with Crippen molar-refractivity contribution in [2.24, 2.45) is 5.73 Å². The van der Waals surface area contributed by atoms with Crippen LogP contribution in [-0.4, -0.2) is 59.8 Å². The monoisotopic (exact) mass is 527 g/mol. The van der Waals surface area contributed by atoms with E-state index < -0.39 is 12.2 Å². The minimum atomic E-state index is -0.711. The molecule has 8 nitrogen and oxygen atoms in total. The van der Waals surface area contributed by atoms with E-state index in [4.69, 9.17) is 15.6 Å². The van der Waals surface area contributed by atoms with Gasteiger partial charge in [-0.1, -0.05) is 48.5 Å². The topological polar surface area (TPSA) is 140 Å². The summed E-state index contributed by atoms with van der Waals surface area (Å²) in [5.74, 6) is 0.595. The van der Waals surface area contributed by atoms with Gasteiger partial charge in [-0.2, -0.15) is 0 Å². The number of rotatable bonds is 9. The van der Waals surface area contributed by atoms with Crippen LogP contribution in [0.4, 0.5) is 0 Å². The molecule has 0 aliphatic rings. The first kappa shape index (κ1) is 32.9. The van der Waals surface area contributed by atoms with E-state index in [0.717, 1.165) is 6.42 Å². The molecule has 0 heterocycles. The molecule has 0 aliphatic carbocycles. The lowest BCUT2D eigenvalue weighted by Crippen LogP contribution is -2.38. The SMILES string of the molecule is CNC(C)(C)Cc1ccccc1.CNCC(O)c1ccc(O)c(OC)c1.C[C@H](N)[C@H](O)c1cccc(O)c1. The van der Waals surface area contributed by atoms with E-state index in [1.165, 1.54) is 24.8 Å². The van der Waals surface area contributed by atoms with Crippen molar-refractivity contribution in [2.45, 2.75) is 51.0 Å². The van der Waals surface area contributed by atoms with Gasteiger partial charge in [-0.3, -0.25) is 0 Å². The lowest BCUT2D eigenvalue weighted by Gasteiger charge is -2.23. The minimum Gasteiger partial charge on any atom is -0.508 e. The molecule has 38 heavy (non-hydrogen) atoms. The first-order chi connectivity index (χ1) is 17.9. The second-order valence-corrected chi connectivity index (χ2v) is 9.70.